The molecule has 0 aromatic carbocycles. The van der Waals surface area contributed by atoms with Crippen molar-refractivity contribution in [3.05, 3.63) is 23.3 Å². The topological polar surface area (TPSA) is 78.4 Å². The lowest BCUT2D eigenvalue weighted by Gasteiger charge is -2.17. The van der Waals surface area contributed by atoms with E-state index in [-0.39, 0.29) is 6.04 Å². The molecule has 0 aromatic rings. The minimum atomic E-state index is -1.07. The molecule has 6 heteroatoms. The SMILES string of the molecule is C[C@H](NC(=O)NC1C=CC(Cl)=CC1)C(=O)O. The second-order valence-corrected chi connectivity index (χ2v) is 3.90. The first kappa shape index (κ1) is 12.6. The van der Waals surface area contributed by atoms with Gasteiger partial charge in [0.15, 0.2) is 0 Å². The van der Waals surface area contributed by atoms with E-state index in [0.29, 0.717) is 11.5 Å². The Morgan fingerprint density at radius 1 is 1.62 bits per heavy atom. The van der Waals surface area contributed by atoms with Crippen LogP contribution in [0.1, 0.15) is 13.3 Å². The molecule has 16 heavy (non-hydrogen) atoms. The Labute approximate surface area is 98.2 Å². The summed E-state index contributed by atoms with van der Waals surface area (Å²) >= 11 is 5.71. The van der Waals surface area contributed by atoms with Crippen LogP contribution >= 0.6 is 11.6 Å². The zero-order valence-electron chi connectivity index (χ0n) is 8.74. The van der Waals surface area contributed by atoms with Crippen LogP contribution in [0, 0.1) is 0 Å². The molecule has 0 fully saturated rings. The predicted molar refractivity (Wildman–Crippen MR) is 60.2 cm³/mol. The molecular formula is C10H13ClN2O3. The summed E-state index contributed by atoms with van der Waals surface area (Å²) in [4.78, 5) is 21.8. The normalized spacial score (nSPS) is 20.9. The van der Waals surface area contributed by atoms with Crippen molar-refractivity contribution in [3.63, 3.8) is 0 Å². The molecule has 0 spiro atoms. The van der Waals surface area contributed by atoms with Crippen molar-refractivity contribution in [2.75, 3.05) is 0 Å². The van der Waals surface area contributed by atoms with Gasteiger partial charge < -0.3 is 15.7 Å². The number of carbonyl (C=O) groups is 2. The summed E-state index contributed by atoms with van der Waals surface area (Å²) in [6.07, 6.45) is 5.83. The number of carboxylic acids is 1. The quantitative estimate of drug-likeness (QED) is 0.698. The maximum absolute atomic E-state index is 11.3. The number of nitrogens with one attached hydrogen (secondary N) is 2. The number of hydrogen-bond donors (Lipinski definition) is 3. The Bertz CT molecular complexity index is 352. The fourth-order valence-corrected chi connectivity index (χ4v) is 1.33. The van der Waals surface area contributed by atoms with Gasteiger partial charge in [0.05, 0.1) is 6.04 Å². The molecule has 5 nitrogen and oxygen atoms in total. The fourth-order valence-electron chi connectivity index (χ4n) is 1.17. The third-order valence-electron chi connectivity index (χ3n) is 2.09. The van der Waals surface area contributed by atoms with Gasteiger partial charge in [-0.1, -0.05) is 23.8 Å². The molecule has 88 valence electrons. The van der Waals surface area contributed by atoms with Crippen LogP contribution in [0.25, 0.3) is 0 Å². The van der Waals surface area contributed by atoms with Gasteiger partial charge in [0, 0.05) is 5.03 Å². The Kier molecular flexibility index (Phi) is 4.37. The van der Waals surface area contributed by atoms with E-state index in [1.54, 1.807) is 18.2 Å². The summed E-state index contributed by atoms with van der Waals surface area (Å²) in [5.74, 6) is -1.07. The number of amides is 2. The predicted octanol–water partition coefficient (Wildman–Crippen LogP) is 1.21. The van der Waals surface area contributed by atoms with E-state index in [0.717, 1.165) is 0 Å². The first-order valence-electron chi connectivity index (χ1n) is 4.82. The van der Waals surface area contributed by atoms with Crippen LogP contribution in [0.2, 0.25) is 0 Å². The van der Waals surface area contributed by atoms with E-state index in [2.05, 4.69) is 10.6 Å². The van der Waals surface area contributed by atoms with E-state index in [1.807, 2.05) is 0 Å². The van der Waals surface area contributed by atoms with Gasteiger partial charge in [0.25, 0.3) is 0 Å². The molecule has 1 aliphatic rings. The minimum Gasteiger partial charge on any atom is -0.480 e. The van der Waals surface area contributed by atoms with Gasteiger partial charge in [0.2, 0.25) is 0 Å². The number of carboxylic acid groups (broad SMARTS) is 1. The molecule has 1 aliphatic carbocycles. The molecule has 0 aliphatic heterocycles. The molecule has 3 N–H and O–H groups in total. The maximum atomic E-state index is 11.3. The Balaban J connectivity index is 2.36. The Morgan fingerprint density at radius 3 is 2.81 bits per heavy atom. The number of urea groups is 1. The van der Waals surface area contributed by atoms with Crippen LogP contribution in [0.3, 0.4) is 0 Å². The van der Waals surface area contributed by atoms with E-state index in [1.165, 1.54) is 6.92 Å². The standard InChI is InChI=1S/C10H13ClN2O3/c1-6(9(14)15)12-10(16)13-8-4-2-7(11)3-5-8/h2-4,6,8H,5H2,1H3,(H,14,15)(H2,12,13,16)/t6-,8?/m0/s1. The van der Waals surface area contributed by atoms with Crippen molar-refractivity contribution in [2.24, 2.45) is 0 Å². The summed E-state index contributed by atoms with van der Waals surface area (Å²) in [5.41, 5.74) is 0. The summed E-state index contributed by atoms with van der Waals surface area (Å²) in [6, 6.07) is -1.56. The lowest BCUT2D eigenvalue weighted by Crippen LogP contribution is -2.47. The van der Waals surface area contributed by atoms with Gasteiger partial charge in [-0.3, -0.25) is 4.79 Å². The van der Waals surface area contributed by atoms with Crippen LogP contribution in [0.15, 0.2) is 23.3 Å². The average molecular weight is 245 g/mol. The maximum Gasteiger partial charge on any atom is 0.325 e. The molecule has 1 rings (SSSR count). The molecular weight excluding hydrogens is 232 g/mol. The van der Waals surface area contributed by atoms with E-state index < -0.39 is 18.0 Å². The highest BCUT2D eigenvalue weighted by molar-refractivity contribution is 6.31. The van der Waals surface area contributed by atoms with E-state index in [4.69, 9.17) is 16.7 Å². The molecule has 0 bridgehead atoms. The lowest BCUT2D eigenvalue weighted by atomic mass is 10.1. The average Bonchev–Trinajstić information content (AvgIpc) is 2.21. The first-order valence-corrected chi connectivity index (χ1v) is 5.20. The molecule has 0 aromatic heterocycles. The Hall–Kier alpha value is -1.49. The number of hydrogen-bond acceptors (Lipinski definition) is 2. The van der Waals surface area contributed by atoms with Gasteiger partial charge in [-0.25, -0.2) is 4.79 Å². The molecule has 0 heterocycles. The molecule has 2 atom stereocenters. The zero-order valence-corrected chi connectivity index (χ0v) is 9.49. The smallest absolute Gasteiger partial charge is 0.325 e. The highest BCUT2D eigenvalue weighted by Crippen LogP contribution is 2.13. The van der Waals surface area contributed by atoms with Gasteiger partial charge in [0.1, 0.15) is 6.04 Å². The van der Waals surface area contributed by atoms with Crippen LogP contribution < -0.4 is 10.6 Å². The number of carbonyl (C=O) groups excluding carboxylic acids is 1. The molecule has 2 amide bonds. The first-order chi connectivity index (χ1) is 7.49. The molecule has 1 unspecified atom stereocenters. The van der Waals surface area contributed by atoms with Crippen LogP contribution in [-0.4, -0.2) is 29.2 Å². The highest BCUT2D eigenvalue weighted by atomic mass is 35.5. The van der Waals surface area contributed by atoms with Crippen molar-refractivity contribution < 1.29 is 14.7 Å². The van der Waals surface area contributed by atoms with Crippen molar-refractivity contribution in [1.29, 1.82) is 0 Å². The molecule has 0 radical (unpaired) electrons. The highest BCUT2D eigenvalue weighted by Gasteiger charge is 2.16. The summed E-state index contributed by atoms with van der Waals surface area (Å²) in [7, 11) is 0. The Morgan fingerprint density at radius 2 is 2.31 bits per heavy atom. The number of rotatable bonds is 3. The zero-order chi connectivity index (χ0) is 12.1. The third kappa shape index (κ3) is 3.94. The monoisotopic (exact) mass is 244 g/mol. The lowest BCUT2D eigenvalue weighted by molar-refractivity contribution is -0.138. The van der Waals surface area contributed by atoms with E-state index in [9.17, 15) is 9.59 Å². The number of aliphatic carboxylic acids is 1. The summed E-state index contributed by atoms with van der Waals surface area (Å²) in [5, 5.41) is 14.1. The largest absolute Gasteiger partial charge is 0.480 e. The number of allylic oxidation sites excluding steroid dienone is 2. The van der Waals surface area contributed by atoms with Crippen LogP contribution in [0.5, 0.6) is 0 Å². The summed E-state index contributed by atoms with van der Waals surface area (Å²) < 4.78 is 0. The van der Waals surface area contributed by atoms with Crippen molar-refractivity contribution in [1.82, 2.24) is 10.6 Å². The van der Waals surface area contributed by atoms with Gasteiger partial charge in [-0.2, -0.15) is 0 Å². The number of halogens is 1. The van der Waals surface area contributed by atoms with Crippen LogP contribution in [0.4, 0.5) is 4.79 Å². The van der Waals surface area contributed by atoms with Gasteiger partial charge >= 0.3 is 12.0 Å². The second kappa shape index (κ2) is 5.55. The third-order valence-corrected chi connectivity index (χ3v) is 2.37. The van der Waals surface area contributed by atoms with Crippen molar-refractivity contribution >= 4 is 23.6 Å². The second-order valence-electron chi connectivity index (χ2n) is 3.47. The fraction of sp³-hybridized carbons (Fsp3) is 0.400. The van der Waals surface area contributed by atoms with Crippen molar-refractivity contribution in [2.45, 2.75) is 25.4 Å². The van der Waals surface area contributed by atoms with Gasteiger partial charge in [-0.15, -0.1) is 0 Å². The van der Waals surface area contributed by atoms with Crippen molar-refractivity contribution in [3.8, 4) is 0 Å². The molecule has 0 saturated heterocycles. The van der Waals surface area contributed by atoms with Crippen LogP contribution in [-0.2, 0) is 4.79 Å². The molecule has 0 saturated carbocycles. The minimum absolute atomic E-state index is 0.150. The van der Waals surface area contributed by atoms with Gasteiger partial charge in [-0.05, 0) is 19.4 Å². The summed E-state index contributed by atoms with van der Waals surface area (Å²) in [6.45, 7) is 1.40. The van der Waals surface area contributed by atoms with E-state index >= 15 is 0 Å².